The Hall–Kier alpha value is -2.00. The number of hydrogen-bond acceptors (Lipinski definition) is 4. The first kappa shape index (κ1) is 16.4. The van der Waals surface area contributed by atoms with Gasteiger partial charge in [-0.05, 0) is 36.0 Å². The maximum atomic E-state index is 11.6. The first-order valence-corrected chi connectivity index (χ1v) is 8.02. The minimum Gasteiger partial charge on any atom is -0.336 e. The molecule has 0 aliphatic heterocycles. The maximum Gasteiger partial charge on any atom is 0.343 e. The Labute approximate surface area is 138 Å². The quantitative estimate of drug-likeness (QED) is 0.648. The second-order valence-corrected chi connectivity index (χ2v) is 6.22. The molecule has 1 aromatic heterocycles. The van der Waals surface area contributed by atoms with E-state index in [4.69, 9.17) is 0 Å². The smallest absolute Gasteiger partial charge is 0.336 e. The van der Waals surface area contributed by atoms with Gasteiger partial charge in [0.1, 0.15) is 0 Å². The number of nitro groups is 1. The lowest BCUT2D eigenvalue weighted by atomic mass is 10.2. The average molecular weight is 385 g/mol. The summed E-state index contributed by atoms with van der Waals surface area (Å²) in [6, 6.07) is 7.07. The van der Waals surface area contributed by atoms with Gasteiger partial charge >= 0.3 is 11.0 Å². The van der Waals surface area contributed by atoms with Crippen molar-refractivity contribution in [2.24, 2.45) is 4.99 Å². The van der Waals surface area contributed by atoms with Crippen LogP contribution < -0.4 is 10.1 Å². The zero-order chi connectivity index (χ0) is 16.1. The first-order chi connectivity index (χ1) is 10.5. The third-order valence-corrected chi connectivity index (χ3v) is 4.12. The highest BCUT2D eigenvalue weighted by molar-refractivity contribution is 9.10. The Morgan fingerprint density at radius 2 is 2.32 bits per heavy atom. The van der Waals surface area contributed by atoms with Crippen molar-refractivity contribution in [3.05, 3.63) is 55.4 Å². The van der Waals surface area contributed by atoms with Gasteiger partial charge in [0.25, 0.3) is 0 Å². The van der Waals surface area contributed by atoms with E-state index in [1.165, 1.54) is 6.20 Å². The van der Waals surface area contributed by atoms with Crippen LogP contribution in [0.15, 0.2) is 39.9 Å². The Morgan fingerprint density at radius 1 is 1.55 bits per heavy atom. The lowest BCUT2D eigenvalue weighted by Crippen LogP contribution is -2.24. The van der Waals surface area contributed by atoms with Crippen LogP contribution in [0.3, 0.4) is 0 Å². The number of carbonyl (C=O) groups is 1. The van der Waals surface area contributed by atoms with E-state index in [0.29, 0.717) is 13.1 Å². The minimum atomic E-state index is -0.512. The monoisotopic (exact) mass is 384 g/mol. The fourth-order valence-corrected chi connectivity index (χ4v) is 3.01. The van der Waals surface area contributed by atoms with Crippen LogP contribution >= 0.6 is 27.3 Å². The van der Waals surface area contributed by atoms with Gasteiger partial charge in [-0.3, -0.25) is 10.1 Å². The van der Waals surface area contributed by atoms with Gasteiger partial charge in [-0.1, -0.05) is 28.1 Å². The zero-order valence-corrected chi connectivity index (χ0v) is 14.1. The minimum absolute atomic E-state index is 0.0574. The fourth-order valence-electron chi connectivity index (χ4n) is 1.76. The molecular weight excluding hydrogens is 372 g/mol. The molecule has 7 nitrogen and oxygen atoms in total. The van der Waals surface area contributed by atoms with E-state index in [0.717, 1.165) is 21.4 Å². The van der Waals surface area contributed by atoms with E-state index in [1.54, 1.807) is 11.5 Å². The molecule has 2 rings (SSSR count). The predicted molar refractivity (Wildman–Crippen MR) is 86.8 cm³/mol. The van der Waals surface area contributed by atoms with Crippen LogP contribution in [-0.4, -0.2) is 22.1 Å². The molecule has 0 spiro atoms. The highest BCUT2D eigenvalue weighted by Gasteiger charge is 2.13. The number of thiazole rings is 1. The molecule has 0 saturated heterocycles. The number of halogens is 1. The van der Waals surface area contributed by atoms with E-state index in [-0.39, 0.29) is 9.80 Å². The molecule has 0 unspecified atom stereocenters. The van der Waals surface area contributed by atoms with Crippen molar-refractivity contribution in [3.8, 4) is 0 Å². The van der Waals surface area contributed by atoms with Gasteiger partial charge in [-0.15, -0.1) is 0 Å². The number of hydrogen-bond donors (Lipinski definition) is 1. The van der Waals surface area contributed by atoms with Gasteiger partial charge in [0, 0.05) is 11.0 Å². The summed E-state index contributed by atoms with van der Waals surface area (Å²) in [6.07, 6.45) is 1.39. The van der Waals surface area contributed by atoms with Gasteiger partial charge in [0.05, 0.1) is 17.7 Å². The number of nitrogens with zero attached hydrogens (tertiary/aromatic N) is 3. The Bertz CT molecular complexity index is 769. The molecule has 1 heterocycles. The Kier molecular flexibility index (Phi) is 5.45. The molecule has 0 radical (unpaired) electrons. The Balaban J connectivity index is 2.40. The SMILES string of the molecule is CCNC(=O)N=c1sc([N+](=O)[O-])cn1Cc1cccc(Br)c1. The summed E-state index contributed by atoms with van der Waals surface area (Å²) in [5.41, 5.74) is 0.944. The molecular formula is C13H13BrN4O3S. The van der Waals surface area contributed by atoms with Gasteiger partial charge < -0.3 is 9.88 Å². The van der Waals surface area contributed by atoms with Gasteiger partial charge in [0.2, 0.25) is 4.80 Å². The van der Waals surface area contributed by atoms with Gasteiger partial charge in [-0.2, -0.15) is 4.99 Å². The summed E-state index contributed by atoms with van der Waals surface area (Å²) in [5.74, 6) is 0. The standard InChI is InChI=1S/C13H13BrN4O3S/c1-2-15-12(19)16-13-17(8-11(22-13)18(20)21)7-9-4-3-5-10(14)6-9/h3-6,8H,2,7H2,1H3,(H,15,19). The number of aromatic nitrogens is 1. The zero-order valence-electron chi connectivity index (χ0n) is 11.7. The van der Waals surface area contributed by atoms with Crippen LogP contribution in [0.2, 0.25) is 0 Å². The van der Waals surface area contributed by atoms with Gasteiger partial charge in [0.15, 0.2) is 0 Å². The van der Waals surface area contributed by atoms with Crippen LogP contribution in [0.25, 0.3) is 0 Å². The molecule has 2 amide bonds. The molecule has 0 saturated carbocycles. The van der Waals surface area contributed by atoms with Crippen molar-refractivity contribution < 1.29 is 9.72 Å². The average Bonchev–Trinajstić information content (AvgIpc) is 2.82. The molecule has 1 aromatic carbocycles. The summed E-state index contributed by atoms with van der Waals surface area (Å²) in [4.78, 5) is 26.2. The summed E-state index contributed by atoms with van der Waals surface area (Å²) < 4.78 is 2.51. The highest BCUT2D eigenvalue weighted by atomic mass is 79.9. The molecule has 116 valence electrons. The largest absolute Gasteiger partial charge is 0.343 e. The Morgan fingerprint density at radius 3 is 2.95 bits per heavy atom. The molecule has 0 atom stereocenters. The third kappa shape index (κ3) is 4.25. The van der Waals surface area contributed by atoms with E-state index in [2.05, 4.69) is 26.2 Å². The molecule has 0 fully saturated rings. The van der Waals surface area contributed by atoms with E-state index < -0.39 is 11.0 Å². The van der Waals surface area contributed by atoms with Crippen molar-refractivity contribution in [1.82, 2.24) is 9.88 Å². The van der Waals surface area contributed by atoms with Crippen molar-refractivity contribution in [1.29, 1.82) is 0 Å². The molecule has 0 aliphatic carbocycles. The molecule has 2 aromatic rings. The lowest BCUT2D eigenvalue weighted by Gasteiger charge is -2.03. The third-order valence-electron chi connectivity index (χ3n) is 2.65. The molecule has 0 aliphatic rings. The van der Waals surface area contributed by atoms with Crippen LogP contribution in [0.5, 0.6) is 0 Å². The summed E-state index contributed by atoms with van der Waals surface area (Å²) in [5, 5.41) is 13.4. The number of benzene rings is 1. The van der Waals surface area contributed by atoms with Crippen molar-refractivity contribution >= 4 is 38.3 Å². The fraction of sp³-hybridized carbons (Fsp3) is 0.231. The second-order valence-electron chi connectivity index (χ2n) is 4.31. The van der Waals surface area contributed by atoms with Crippen molar-refractivity contribution in [2.75, 3.05) is 6.54 Å². The number of rotatable bonds is 4. The lowest BCUT2D eigenvalue weighted by molar-refractivity contribution is -0.380. The van der Waals surface area contributed by atoms with Crippen LogP contribution in [0.1, 0.15) is 12.5 Å². The van der Waals surface area contributed by atoms with E-state index in [1.807, 2.05) is 24.3 Å². The second kappa shape index (κ2) is 7.32. The maximum absolute atomic E-state index is 11.6. The highest BCUT2D eigenvalue weighted by Crippen LogP contribution is 2.17. The van der Waals surface area contributed by atoms with Gasteiger partial charge in [-0.25, -0.2) is 4.79 Å². The van der Waals surface area contributed by atoms with Crippen LogP contribution in [-0.2, 0) is 6.54 Å². The van der Waals surface area contributed by atoms with Crippen molar-refractivity contribution in [2.45, 2.75) is 13.5 Å². The van der Waals surface area contributed by atoms with Crippen molar-refractivity contribution in [3.63, 3.8) is 0 Å². The topological polar surface area (TPSA) is 89.5 Å². The molecule has 1 N–H and O–H groups in total. The summed E-state index contributed by atoms with van der Waals surface area (Å²) >= 11 is 4.25. The molecule has 0 bridgehead atoms. The molecule has 9 heteroatoms. The summed E-state index contributed by atoms with van der Waals surface area (Å²) in [7, 11) is 0. The van der Waals surface area contributed by atoms with E-state index in [9.17, 15) is 14.9 Å². The normalized spacial score (nSPS) is 11.5. The van der Waals surface area contributed by atoms with Crippen LogP contribution in [0, 0.1) is 10.1 Å². The van der Waals surface area contributed by atoms with E-state index >= 15 is 0 Å². The summed E-state index contributed by atoms with van der Waals surface area (Å²) in [6.45, 7) is 2.61. The predicted octanol–water partition coefficient (Wildman–Crippen LogP) is 2.90. The number of carbonyl (C=O) groups excluding carboxylic acids is 1. The first-order valence-electron chi connectivity index (χ1n) is 6.41. The number of nitrogens with one attached hydrogen (secondary N) is 1. The number of amides is 2. The van der Waals surface area contributed by atoms with Crippen LogP contribution in [0.4, 0.5) is 9.80 Å². The number of urea groups is 1. The molecule has 22 heavy (non-hydrogen) atoms.